The van der Waals surface area contributed by atoms with Gasteiger partial charge in [0.2, 0.25) is 0 Å². The van der Waals surface area contributed by atoms with Crippen molar-refractivity contribution in [1.82, 2.24) is 4.90 Å². The summed E-state index contributed by atoms with van der Waals surface area (Å²) >= 11 is 0. The van der Waals surface area contributed by atoms with Crippen LogP contribution in [0.4, 0.5) is 5.69 Å². The molecule has 1 rings (SSSR count). The smallest absolute Gasteiger partial charge is 0.254 e. The van der Waals surface area contributed by atoms with Crippen molar-refractivity contribution < 1.29 is 4.79 Å². The Morgan fingerprint density at radius 1 is 1.50 bits per heavy atom. The van der Waals surface area contributed by atoms with Crippen molar-refractivity contribution in [2.75, 3.05) is 25.5 Å². The Balaban J connectivity index is 2.92. The molecule has 4 nitrogen and oxygen atoms in total. The second-order valence-corrected chi connectivity index (χ2v) is 4.07. The fourth-order valence-corrected chi connectivity index (χ4v) is 1.82. The molecule has 0 saturated carbocycles. The molecular formula is C14H19N3O. The molecule has 0 aliphatic heterocycles. The summed E-state index contributed by atoms with van der Waals surface area (Å²) in [6.07, 6.45) is 0.368. The lowest BCUT2D eigenvalue weighted by Crippen LogP contribution is -2.32. The molecule has 4 heteroatoms. The fraction of sp³-hybridized carbons (Fsp3) is 0.429. The Hall–Kier alpha value is -2.02. The highest BCUT2D eigenvalue weighted by Crippen LogP contribution is 2.16. The van der Waals surface area contributed by atoms with Crippen LogP contribution in [0.1, 0.15) is 29.3 Å². The summed E-state index contributed by atoms with van der Waals surface area (Å²) in [4.78, 5) is 14.0. The SMILES string of the molecule is CCN(CCC#N)C(=O)c1ccc(NC)cc1C. The molecule has 0 atom stereocenters. The van der Waals surface area contributed by atoms with Crippen LogP contribution in [0.25, 0.3) is 0 Å². The third-order valence-corrected chi connectivity index (χ3v) is 2.91. The topological polar surface area (TPSA) is 56.1 Å². The van der Waals surface area contributed by atoms with E-state index in [9.17, 15) is 4.79 Å². The maximum absolute atomic E-state index is 12.3. The van der Waals surface area contributed by atoms with Gasteiger partial charge in [0.15, 0.2) is 0 Å². The summed E-state index contributed by atoms with van der Waals surface area (Å²) in [6.45, 7) is 4.95. The minimum atomic E-state index is -0.00657. The average molecular weight is 245 g/mol. The molecule has 1 aromatic rings. The minimum absolute atomic E-state index is 0.00657. The zero-order valence-corrected chi connectivity index (χ0v) is 11.2. The van der Waals surface area contributed by atoms with E-state index in [-0.39, 0.29) is 5.91 Å². The molecule has 0 aromatic heterocycles. The van der Waals surface area contributed by atoms with Gasteiger partial charge in [-0.3, -0.25) is 4.79 Å². The zero-order chi connectivity index (χ0) is 13.5. The lowest BCUT2D eigenvalue weighted by atomic mass is 10.1. The van der Waals surface area contributed by atoms with Gasteiger partial charge in [-0.25, -0.2) is 0 Å². The summed E-state index contributed by atoms with van der Waals surface area (Å²) in [6, 6.07) is 7.74. The molecule has 0 radical (unpaired) electrons. The number of carbonyl (C=O) groups is 1. The van der Waals surface area contributed by atoms with Crippen LogP contribution >= 0.6 is 0 Å². The van der Waals surface area contributed by atoms with Crippen molar-refractivity contribution in [3.63, 3.8) is 0 Å². The molecule has 0 unspecified atom stereocenters. The summed E-state index contributed by atoms with van der Waals surface area (Å²) < 4.78 is 0. The van der Waals surface area contributed by atoms with E-state index in [1.165, 1.54) is 0 Å². The molecule has 0 fully saturated rings. The van der Waals surface area contributed by atoms with Crippen LogP contribution in [0.5, 0.6) is 0 Å². The number of aryl methyl sites for hydroxylation is 1. The van der Waals surface area contributed by atoms with Gasteiger partial charge in [0, 0.05) is 31.4 Å². The highest BCUT2D eigenvalue weighted by atomic mass is 16.2. The summed E-state index contributed by atoms with van der Waals surface area (Å²) in [5, 5.41) is 11.6. The van der Waals surface area contributed by atoms with Gasteiger partial charge in [0.25, 0.3) is 5.91 Å². The standard InChI is InChI=1S/C14H19N3O/c1-4-17(9-5-8-15)14(18)13-7-6-12(16-3)10-11(13)2/h6-7,10,16H,4-5,9H2,1-3H3. The zero-order valence-electron chi connectivity index (χ0n) is 11.2. The Morgan fingerprint density at radius 2 is 2.22 bits per heavy atom. The van der Waals surface area contributed by atoms with Crippen LogP contribution in [-0.2, 0) is 0 Å². The first-order chi connectivity index (χ1) is 8.63. The van der Waals surface area contributed by atoms with Crippen LogP contribution in [-0.4, -0.2) is 30.9 Å². The number of amides is 1. The molecule has 1 aromatic carbocycles. The number of benzene rings is 1. The second-order valence-electron chi connectivity index (χ2n) is 4.07. The Bertz CT molecular complexity index is 463. The predicted molar refractivity (Wildman–Crippen MR) is 72.5 cm³/mol. The van der Waals surface area contributed by atoms with Gasteiger partial charge in [-0.15, -0.1) is 0 Å². The van der Waals surface area contributed by atoms with Gasteiger partial charge >= 0.3 is 0 Å². The number of hydrogen-bond donors (Lipinski definition) is 1. The molecule has 0 bridgehead atoms. The van der Waals surface area contributed by atoms with Crippen LogP contribution in [0, 0.1) is 18.3 Å². The van der Waals surface area contributed by atoms with Crippen molar-refractivity contribution in [2.45, 2.75) is 20.3 Å². The van der Waals surface area contributed by atoms with Crippen molar-refractivity contribution in [3.8, 4) is 6.07 Å². The fourth-order valence-electron chi connectivity index (χ4n) is 1.82. The van der Waals surface area contributed by atoms with E-state index in [1.54, 1.807) is 4.90 Å². The third kappa shape index (κ3) is 3.24. The Kier molecular flexibility index (Phi) is 5.19. The maximum Gasteiger partial charge on any atom is 0.254 e. The molecular weight excluding hydrogens is 226 g/mol. The van der Waals surface area contributed by atoms with E-state index in [1.807, 2.05) is 39.1 Å². The molecule has 0 spiro atoms. The molecule has 1 N–H and O–H groups in total. The lowest BCUT2D eigenvalue weighted by Gasteiger charge is -2.20. The summed E-state index contributed by atoms with van der Waals surface area (Å²) in [5.74, 6) is -0.00657. The Morgan fingerprint density at radius 3 is 2.72 bits per heavy atom. The van der Waals surface area contributed by atoms with E-state index in [0.717, 1.165) is 11.3 Å². The van der Waals surface area contributed by atoms with Crippen molar-refractivity contribution in [2.24, 2.45) is 0 Å². The average Bonchev–Trinajstić information content (AvgIpc) is 2.39. The van der Waals surface area contributed by atoms with E-state index < -0.39 is 0 Å². The van der Waals surface area contributed by atoms with E-state index >= 15 is 0 Å². The number of anilines is 1. The van der Waals surface area contributed by atoms with Gasteiger partial charge in [-0.1, -0.05) is 0 Å². The maximum atomic E-state index is 12.3. The quantitative estimate of drug-likeness (QED) is 0.866. The normalized spacial score (nSPS) is 9.67. The van der Waals surface area contributed by atoms with E-state index in [4.69, 9.17) is 5.26 Å². The molecule has 0 aliphatic carbocycles. The monoisotopic (exact) mass is 245 g/mol. The Labute approximate surface area is 108 Å². The first kappa shape index (κ1) is 14.0. The number of carbonyl (C=O) groups excluding carboxylic acids is 1. The number of nitrogens with one attached hydrogen (secondary N) is 1. The van der Waals surface area contributed by atoms with Crippen molar-refractivity contribution in [3.05, 3.63) is 29.3 Å². The number of nitriles is 1. The second kappa shape index (κ2) is 6.65. The van der Waals surface area contributed by atoms with E-state index in [0.29, 0.717) is 25.1 Å². The largest absolute Gasteiger partial charge is 0.388 e. The summed E-state index contributed by atoms with van der Waals surface area (Å²) in [7, 11) is 1.85. The van der Waals surface area contributed by atoms with Gasteiger partial charge in [0.05, 0.1) is 12.5 Å². The number of nitrogens with zero attached hydrogens (tertiary/aromatic N) is 2. The molecule has 0 saturated heterocycles. The molecule has 96 valence electrons. The van der Waals surface area contributed by atoms with Crippen molar-refractivity contribution >= 4 is 11.6 Å². The number of hydrogen-bond acceptors (Lipinski definition) is 3. The van der Waals surface area contributed by atoms with Gasteiger partial charge in [-0.2, -0.15) is 5.26 Å². The first-order valence-corrected chi connectivity index (χ1v) is 6.08. The van der Waals surface area contributed by atoms with Crippen LogP contribution in [0.2, 0.25) is 0 Å². The van der Waals surface area contributed by atoms with Crippen LogP contribution < -0.4 is 5.32 Å². The molecule has 0 heterocycles. The molecule has 18 heavy (non-hydrogen) atoms. The predicted octanol–water partition coefficient (Wildman–Crippen LogP) is 2.41. The summed E-state index contributed by atoms with van der Waals surface area (Å²) in [5.41, 5.74) is 2.64. The van der Waals surface area contributed by atoms with Crippen LogP contribution in [0.3, 0.4) is 0 Å². The highest BCUT2D eigenvalue weighted by molar-refractivity contribution is 5.96. The third-order valence-electron chi connectivity index (χ3n) is 2.91. The van der Waals surface area contributed by atoms with Gasteiger partial charge < -0.3 is 10.2 Å². The van der Waals surface area contributed by atoms with E-state index in [2.05, 4.69) is 11.4 Å². The first-order valence-electron chi connectivity index (χ1n) is 6.08. The molecule has 0 aliphatic rings. The minimum Gasteiger partial charge on any atom is -0.388 e. The number of rotatable bonds is 5. The van der Waals surface area contributed by atoms with Crippen molar-refractivity contribution in [1.29, 1.82) is 5.26 Å². The highest BCUT2D eigenvalue weighted by Gasteiger charge is 2.15. The lowest BCUT2D eigenvalue weighted by molar-refractivity contribution is 0.0767. The molecule has 1 amide bonds. The van der Waals surface area contributed by atoms with Crippen LogP contribution in [0.15, 0.2) is 18.2 Å². The van der Waals surface area contributed by atoms with Gasteiger partial charge in [0.1, 0.15) is 0 Å². The van der Waals surface area contributed by atoms with Gasteiger partial charge in [-0.05, 0) is 37.6 Å².